The van der Waals surface area contributed by atoms with Crippen LogP contribution in [0.2, 0.25) is 0 Å². The highest BCUT2D eigenvalue weighted by Crippen LogP contribution is 2.22. The third-order valence-corrected chi connectivity index (χ3v) is 3.68. The van der Waals surface area contributed by atoms with Crippen molar-refractivity contribution in [2.24, 2.45) is 5.92 Å². The second-order valence-corrected chi connectivity index (χ2v) is 5.17. The van der Waals surface area contributed by atoms with Crippen molar-refractivity contribution in [3.05, 3.63) is 35.9 Å². The summed E-state index contributed by atoms with van der Waals surface area (Å²) < 4.78 is 5.34. The Morgan fingerprint density at radius 1 is 1.37 bits per heavy atom. The molecule has 1 N–H and O–H groups in total. The van der Waals surface area contributed by atoms with Crippen LogP contribution in [0.4, 0.5) is 4.79 Å². The van der Waals surface area contributed by atoms with Gasteiger partial charge in [-0.25, -0.2) is 4.79 Å². The van der Waals surface area contributed by atoms with Crippen molar-refractivity contribution in [3.63, 3.8) is 0 Å². The first-order valence-electron chi connectivity index (χ1n) is 6.79. The van der Waals surface area contributed by atoms with Gasteiger partial charge in [-0.05, 0) is 31.2 Å². The van der Waals surface area contributed by atoms with Crippen molar-refractivity contribution >= 4 is 6.09 Å². The molecule has 1 aromatic rings. The van der Waals surface area contributed by atoms with E-state index in [4.69, 9.17) is 4.74 Å². The smallest absolute Gasteiger partial charge is 0.410 e. The largest absolute Gasteiger partial charge is 0.445 e. The summed E-state index contributed by atoms with van der Waals surface area (Å²) >= 11 is 0. The number of aliphatic hydroxyl groups is 1. The van der Waals surface area contributed by atoms with Gasteiger partial charge in [0, 0.05) is 19.2 Å². The first-order chi connectivity index (χ1) is 9.20. The van der Waals surface area contributed by atoms with Crippen LogP contribution in [0.15, 0.2) is 30.3 Å². The number of piperidine rings is 1. The topological polar surface area (TPSA) is 49.8 Å². The van der Waals surface area contributed by atoms with Crippen LogP contribution < -0.4 is 0 Å². The quantitative estimate of drug-likeness (QED) is 0.911. The molecular weight excluding hydrogens is 242 g/mol. The fourth-order valence-corrected chi connectivity index (χ4v) is 2.39. The summed E-state index contributed by atoms with van der Waals surface area (Å²) in [7, 11) is 0. The van der Waals surface area contributed by atoms with Crippen LogP contribution in [0.5, 0.6) is 0 Å². The van der Waals surface area contributed by atoms with E-state index in [2.05, 4.69) is 0 Å². The van der Waals surface area contributed by atoms with Crippen LogP contribution in [0.1, 0.15) is 25.3 Å². The summed E-state index contributed by atoms with van der Waals surface area (Å²) in [6, 6.07) is 9.84. The number of hydrogen-bond donors (Lipinski definition) is 1. The van der Waals surface area contributed by atoms with Crippen molar-refractivity contribution in [1.82, 2.24) is 4.90 Å². The number of carbonyl (C=O) groups excluding carboxylic acids is 1. The predicted octanol–water partition coefficient (Wildman–Crippen LogP) is 2.42. The van der Waals surface area contributed by atoms with Gasteiger partial charge in [-0.3, -0.25) is 0 Å². The van der Waals surface area contributed by atoms with E-state index < -0.39 is 0 Å². The molecule has 1 aromatic carbocycles. The van der Waals surface area contributed by atoms with Gasteiger partial charge >= 0.3 is 6.09 Å². The maximum Gasteiger partial charge on any atom is 0.410 e. The molecule has 1 saturated heterocycles. The van der Waals surface area contributed by atoms with Gasteiger partial charge in [0.15, 0.2) is 0 Å². The Morgan fingerprint density at radius 3 is 2.79 bits per heavy atom. The third kappa shape index (κ3) is 3.70. The Morgan fingerprint density at radius 2 is 2.11 bits per heavy atom. The molecule has 0 radical (unpaired) electrons. The van der Waals surface area contributed by atoms with Crippen LogP contribution in [-0.2, 0) is 11.3 Å². The van der Waals surface area contributed by atoms with E-state index in [-0.39, 0.29) is 24.7 Å². The zero-order chi connectivity index (χ0) is 13.7. The number of likely N-dealkylation sites (tertiary alicyclic amines) is 1. The molecule has 1 heterocycles. The van der Waals surface area contributed by atoms with Crippen molar-refractivity contribution in [2.45, 2.75) is 32.4 Å². The Kier molecular flexibility index (Phi) is 4.80. The first kappa shape index (κ1) is 13.9. The van der Waals surface area contributed by atoms with E-state index in [1.807, 2.05) is 37.3 Å². The van der Waals surface area contributed by atoms with E-state index in [1.54, 1.807) is 4.90 Å². The van der Waals surface area contributed by atoms with Gasteiger partial charge in [0.1, 0.15) is 6.61 Å². The van der Waals surface area contributed by atoms with Gasteiger partial charge in [-0.15, -0.1) is 0 Å². The minimum atomic E-state index is -0.283. The Hall–Kier alpha value is -1.55. The van der Waals surface area contributed by atoms with Crippen molar-refractivity contribution in [2.75, 3.05) is 13.2 Å². The summed E-state index contributed by atoms with van der Waals surface area (Å²) in [6.45, 7) is 3.05. The summed E-state index contributed by atoms with van der Waals surface area (Å²) in [5.74, 6) is 0.181. The highest BCUT2D eigenvalue weighted by molar-refractivity contribution is 5.68. The number of amides is 1. The minimum Gasteiger partial charge on any atom is -0.445 e. The van der Waals surface area contributed by atoms with E-state index in [0.29, 0.717) is 13.2 Å². The van der Waals surface area contributed by atoms with Crippen LogP contribution in [-0.4, -0.2) is 35.3 Å². The Bertz CT molecular complexity index is 407. The molecule has 19 heavy (non-hydrogen) atoms. The van der Waals surface area contributed by atoms with Gasteiger partial charge in [0.2, 0.25) is 0 Å². The molecule has 2 rings (SSSR count). The van der Waals surface area contributed by atoms with Crippen LogP contribution in [0.25, 0.3) is 0 Å². The Labute approximate surface area is 114 Å². The normalized spacial score (nSPS) is 23.2. The lowest BCUT2D eigenvalue weighted by Gasteiger charge is -2.36. The number of benzene rings is 1. The number of nitrogens with zero attached hydrogens (tertiary/aromatic N) is 1. The zero-order valence-corrected chi connectivity index (χ0v) is 11.3. The van der Waals surface area contributed by atoms with Crippen molar-refractivity contribution in [1.29, 1.82) is 0 Å². The van der Waals surface area contributed by atoms with Crippen LogP contribution in [0.3, 0.4) is 0 Å². The van der Waals surface area contributed by atoms with Gasteiger partial charge in [0.05, 0.1) is 0 Å². The molecule has 1 fully saturated rings. The minimum absolute atomic E-state index is 0.134. The van der Waals surface area contributed by atoms with E-state index >= 15 is 0 Å². The molecule has 0 bridgehead atoms. The lowest BCUT2D eigenvalue weighted by atomic mass is 9.94. The molecule has 4 heteroatoms. The fourth-order valence-electron chi connectivity index (χ4n) is 2.39. The lowest BCUT2D eigenvalue weighted by Crippen LogP contribution is -2.46. The number of ether oxygens (including phenoxy) is 1. The SMILES string of the molecule is C[C@@H]1CC[C@@H](CO)CN1C(=O)OCc1ccccc1. The summed E-state index contributed by atoms with van der Waals surface area (Å²) in [6.07, 6.45) is 1.61. The van der Waals surface area contributed by atoms with Crippen LogP contribution in [0, 0.1) is 5.92 Å². The molecule has 0 aromatic heterocycles. The average Bonchev–Trinajstić information content (AvgIpc) is 2.46. The molecule has 0 saturated carbocycles. The highest BCUT2D eigenvalue weighted by Gasteiger charge is 2.29. The third-order valence-electron chi connectivity index (χ3n) is 3.68. The summed E-state index contributed by atoms with van der Waals surface area (Å²) in [4.78, 5) is 13.8. The van der Waals surface area contributed by atoms with Crippen molar-refractivity contribution < 1.29 is 14.6 Å². The molecule has 104 valence electrons. The van der Waals surface area contributed by atoms with Crippen molar-refractivity contribution in [3.8, 4) is 0 Å². The summed E-state index contributed by atoms with van der Waals surface area (Å²) in [5.41, 5.74) is 0.985. The van der Waals surface area contributed by atoms with E-state index in [1.165, 1.54) is 0 Å². The molecule has 1 aliphatic rings. The molecular formula is C15H21NO3. The molecule has 0 aliphatic carbocycles. The molecule has 2 atom stereocenters. The number of aliphatic hydroxyl groups excluding tert-OH is 1. The molecule has 1 amide bonds. The maximum absolute atomic E-state index is 12.1. The molecule has 1 aliphatic heterocycles. The Balaban J connectivity index is 1.88. The standard InChI is InChI=1S/C15H21NO3/c1-12-7-8-14(10-17)9-16(12)15(18)19-11-13-5-3-2-4-6-13/h2-6,12,14,17H,7-11H2,1H3/t12-,14-/m1/s1. The van der Waals surface area contributed by atoms with Gasteiger partial charge in [0.25, 0.3) is 0 Å². The predicted molar refractivity (Wildman–Crippen MR) is 72.6 cm³/mol. The fraction of sp³-hybridized carbons (Fsp3) is 0.533. The molecule has 4 nitrogen and oxygen atoms in total. The summed E-state index contributed by atoms with van der Waals surface area (Å²) in [5, 5.41) is 9.21. The average molecular weight is 263 g/mol. The number of hydrogen-bond acceptors (Lipinski definition) is 3. The molecule has 0 spiro atoms. The van der Waals surface area contributed by atoms with Crippen LogP contribution >= 0.6 is 0 Å². The van der Waals surface area contributed by atoms with Gasteiger partial charge in [-0.2, -0.15) is 0 Å². The maximum atomic E-state index is 12.1. The number of rotatable bonds is 3. The van der Waals surface area contributed by atoms with Gasteiger partial charge in [-0.1, -0.05) is 30.3 Å². The molecule has 0 unspecified atom stereocenters. The lowest BCUT2D eigenvalue weighted by molar-refractivity contribution is 0.0477. The first-order valence-corrected chi connectivity index (χ1v) is 6.79. The second kappa shape index (κ2) is 6.57. The highest BCUT2D eigenvalue weighted by atomic mass is 16.6. The number of carbonyl (C=O) groups is 1. The monoisotopic (exact) mass is 263 g/mol. The van der Waals surface area contributed by atoms with E-state index in [9.17, 15) is 9.90 Å². The zero-order valence-electron chi connectivity index (χ0n) is 11.3. The van der Waals surface area contributed by atoms with Gasteiger partial charge < -0.3 is 14.7 Å². The van der Waals surface area contributed by atoms with E-state index in [0.717, 1.165) is 18.4 Å². The second-order valence-electron chi connectivity index (χ2n) is 5.17.